The molecule has 1 N–H and O–H groups in total. The zero-order valence-electron chi connectivity index (χ0n) is 24.6. The topological polar surface area (TPSA) is 130 Å². The molecule has 0 spiro atoms. The minimum absolute atomic E-state index is 0.0374. The Bertz CT molecular complexity index is 1620. The summed E-state index contributed by atoms with van der Waals surface area (Å²) >= 11 is 6.56. The number of hydrogen-bond donors (Lipinski definition) is 1. The van der Waals surface area contributed by atoms with Crippen molar-refractivity contribution in [3.8, 4) is 17.0 Å². The number of carbonyl (C=O) groups excluding carboxylic acids is 1. The number of nitrogens with zero attached hydrogens (tertiary/aromatic N) is 6. The molecule has 0 atom stereocenters. The SMILES string of the molecule is COc1cc(N(C)CCN(C)C)c([N+](=O)[O-])cc1N(C(=O)OC(C)(C)C)c1ncc(Cl)c(-c2c[nH]c3ccccc23)n1. The van der Waals surface area contributed by atoms with Gasteiger partial charge in [-0.2, -0.15) is 0 Å². The van der Waals surface area contributed by atoms with E-state index in [1.807, 2.05) is 43.3 Å². The molecule has 222 valence electrons. The summed E-state index contributed by atoms with van der Waals surface area (Å²) in [6.45, 7) is 6.32. The van der Waals surface area contributed by atoms with Crippen LogP contribution in [0, 0.1) is 10.1 Å². The first-order valence-corrected chi connectivity index (χ1v) is 13.5. The van der Waals surface area contributed by atoms with Gasteiger partial charge in [-0.25, -0.2) is 19.7 Å². The van der Waals surface area contributed by atoms with Crippen LogP contribution in [0.15, 0.2) is 48.8 Å². The number of amides is 1. The summed E-state index contributed by atoms with van der Waals surface area (Å²) in [4.78, 5) is 42.5. The van der Waals surface area contributed by atoms with E-state index in [0.717, 1.165) is 15.8 Å². The van der Waals surface area contributed by atoms with Gasteiger partial charge >= 0.3 is 6.09 Å². The van der Waals surface area contributed by atoms with Crippen molar-refractivity contribution in [2.45, 2.75) is 26.4 Å². The van der Waals surface area contributed by atoms with Crippen molar-refractivity contribution in [1.82, 2.24) is 19.9 Å². The van der Waals surface area contributed by atoms with Crippen molar-refractivity contribution in [2.24, 2.45) is 0 Å². The fraction of sp³-hybridized carbons (Fsp3) is 0.345. The third-order valence-electron chi connectivity index (χ3n) is 6.36. The minimum atomic E-state index is -0.896. The number of aromatic amines is 1. The number of fused-ring (bicyclic) bond motifs is 1. The molecule has 0 unspecified atom stereocenters. The molecular weight excluding hydrogens is 562 g/mol. The van der Waals surface area contributed by atoms with Gasteiger partial charge in [0.2, 0.25) is 5.95 Å². The number of nitro benzene ring substituents is 1. The minimum Gasteiger partial charge on any atom is -0.494 e. The molecular formula is C29H34ClN7O5. The fourth-order valence-electron chi connectivity index (χ4n) is 4.32. The monoisotopic (exact) mass is 595 g/mol. The number of aromatic nitrogens is 3. The number of hydrogen-bond acceptors (Lipinski definition) is 9. The van der Waals surface area contributed by atoms with Crippen LogP contribution in [0.1, 0.15) is 20.8 Å². The summed E-state index contributed by atoms with van der Waals surface area (Å²) < 4.78 is 11.4. The number of likely N-dealkylation sites (N-methyl/N-ethyl adjacent to an activating group) is 2. The Labute approximate surface area is 249 Å². The summed E-state index contributed by atoms with van der Waals surface area (Å²) in [5.41, 5.74) is 1.16. The van der Waals surface area contributed by atoms with Gasteiger partial charge in [-0.05, 0) is 40.9 Å². The maximum atomic E-state index is 13.7. The Hall–Kier alpha value is -4.42. The van der Waals surface area contributed by atoms with E-state index in [-0.39, 0.29) is 28.1 Å². The Morgan fingerprint density at radius 2 is 1.83 bits per heavy atom. The van der Waals surface area contributed by atoms with Crippen LogP contribution in [0.5, 0.6) is 5.75 Å². The van der Waals surface area contributed by atoms with E-state index in [9.17, 15) is 14.9 Å². The number of H-pyrrole nitrogens is 1. The normalized spacial score (nSPS) is 11.5. The van der Waals surface area contributed by atoms with Gasteiger partial charge in [-0.15, -0.1) is 0 Å². The zero-order valence-corrected chi connectivity index (χ0v) is 25.4. The predicted molar refractivity (Wildman–Crippen MR) is 164 cm³/mol. The molecule has 0 aliphatic rings. The van der Waals surface area contributed by atoms with E-state index in [0.29, 0.717) is 30.0 Å². The Kier molecular flexibility index (Phi) is 8.88. The molecule has 0 aliphatic carbocycles. The van der Waals surface area contributed by atoms with E-state index < -0.39 is 16.6 Å². The zero-order chi connectivity index (χ0) is 30.8. The predicted octanol–water partition coefficient (Wildman–Crippen LogP) is 6.27. The summed E-state index contributed by atoms with van der Waals surface area (Å²) in [7, 11) is 7.01. The van der Waals surface area contributed by atoms with Crippen LogP contribution in [0.4, 0.5) is 27.8 Å². The molecule has 12 nitrogen and oxygen atoms in total. The van der Waals surface area contributed by atoms with Gasteiger partial charge in [-0.1, -0.05) is 29.8 Å². The second kappa shape index (κ2) is 12.2. The molecule has 0 aliphatic heterocycles. The molecule has 0 bridgehead atoms. The maximum absolute atomic E-state index is 13.7. The number of anilines is 3. The van der Waals surface area contributed by atoms with Crippen molar-refractivity contribution < 1.29 is 19.2 Å². The summed E-state index contributed by atoms with van der Waals surface area (Å²) in [5.74, 6) is 0.0839. The highest BCUT2D eigenvalue weighted by Crippen LogP contribution is 2.43. The van der Waals surface area contributed by atoms with Gasteiger partial charge in [0, 0.05) is 54.9 Å². The third-order valence-corrected chi connectivity index (χ3v) is 6.64. The van der Waals surface area contributed by atoms with E-state index in [1.165, 1.54) is 25.4 Å². The number of para-hydroxylation sites is 1. The molecule has 2 aromatic heterocycles. The number of halogens is 1. The van der Waals surface area contributed by atoms with Gasteiger partial charge in [0.05, 0.1) is 28.9 Å². The Morgan fingerprint density at radius 1 is 1.12 bits per heavy atom. The number of benzene rings is 2. The van der Waals surface area contributed by atoms with Crippen molar-refractivity contribution in [1.29, 1.82) is 0 Å². The molecule has 0 saturated heterocycles. The standard InChI is InChI=1S/C29H34ClN7O5/c1-29(2,3)42-28(38)36(24-14-23(37(39)40)22(15-25(24)41-7)35(6)13-12-34(4)5)27-32-17-20(30)26(33-27)19-16-31-21-11-9-8-10-18(19)21/h8-11,14-17,31H,12-13H2,1-7H3. The van der Waals surface area contributed by atoms with E-state index >= 15 is 0 Å². The molecule has 4 rings (SSSR count). The fourth-order valence-corrected chi connectivity index (χ4v) is 4.52. The molecule has 1 amide bonds. The maximum Gasteiger partial charge on any atom is 0.422 e. The van der Waals surface area contributed by atoms with Crippen LogP contribution >= 0.6 is 11.6 Å². The highest BCUT2D eigenvalue weighted by molar-refractivity contribution is 6.33. The summed E-state index contributed by atoms with van der Waals surface area (Å²) in [5, 5.41) is 13.4. The number of nitrogens with one attached hydrogen (secondary N) is 1. The Balaban J connectivity index is 1.92. The summed E-state index contributed by atoms with van der Waals surface area (Å²) in [6.07, 6.45) is 2.29. The van der Waals surface area contributed by atoms with Crippen molar-refractivity contribution in [3.05, 3.63) is 63.9 Å². The molecule has 0 saturated carbocycles. The smallest absolute Gasteiger partial charge is 0.422 e. The van der Waals surface area contributed by atoms with Crippen LogP contribution < -0.4 is 14.5 Å². The van der Waals surface area contributed by atoms with Gasteiger partial charge in [-0.3, -0.25) is 10.1 Å². The van der Waals surface area contributed by atoms with Gasteiger partial charge in [0.15, 0.2) is 0 Å². The second-order valence-corrected chi connectivity index (χ2v) is 11.3. The summed E-state index contributed by atoms with van der Waals surface area (Å²) in [6, 6.07) is 10.4. The van der Waals surface area contributed by atoms with Crippen LogP contribution in [0.25, 0.3) is 22.2 Å². The lowest BCUT2D eigenvalue weighted by Crippen LogP contribution is -2.35. The average molecular weight is 596 g/mol. The van der Waals surface area contributed by atoms with Crippen LogP contribution in [-0.2, 0) is 4.74 Å². The number of carbonyl (C=O) groups is 1. The highest BCUT2D eigenvalue weighted by Gasteiger charge is 2.33. The van der Waals surface area contributed by atoms with E-state index in [1.54, 1.807) is 38.9 Å². The van der Waals surface area contributed by atoms with Crippen molar-refractivity contribution >= 4 is 51.6 Å². The van der Waals surface area contributed by atoms with Crippen molar-refractivity contribution in [2.75, 3.05) is 51.1 Å². The first kappa shape index (κ1) is 30.5. The number of rotatable bonds is 9. The van der Waals surface area contributed by atoms with Gasteiger partial charge in [0.25, 0.3) is 5.69 Å². The van der Waals surface area contributed by atoms with Gasteiger partial charge in [0.1, 0.15) is 22.7 Å². The first-order valence-electron chi connectivity index (χ1n) is 13.1. The van der Waals surface area contributed by atoms with E-state index in [4.69, 9.17) is 21.1 Å². The third kappa shape index (κ3) is 6.55. The molecule has 2 heterocycles. The van der Waals surface area contributed by atoms with Crippen LogP contribution in [-0.4, -0.2) is 77.8 Å². The lowest BCUT2D eigenvalue weighted by atomic mass is 10.1. The Morgan fingerprint density at radius 3 is 2.48 bits per heavy atom. The number of nitro groups is 1. The molecule has 0 radical (unpaired) electrons. The lowest BCUT2D eigenvalue weighted by Gasteiger charge is -2.28. The molecule has 4 aromatic rings. The first-order chi connectivity index (χ1) is 19.8. The highest BCUT2D eigenvalue weighted by atomic mass is 35.5. The van der Waals surface area contributed by atoms with Crippen LogP contribution in [0.3, 0.4) is 0 Å². The quantitative estimate of drug-likeness (QED) is 0.176. The lowest BCUT2D eigenvalue weighted by molar-refractivity contribution is -0.384. The largest absolute Gasteiger partial charge is 0.494 e. The average Bonchev–Trinajstić information content (AvgIpc) is 3.35. The van der Waals surface area contributed by atoms with E-state index in [2.05, 4.69) is 15.0 Å². The molecule has 2 aromatic carbocycles. The van der Waals surface area contributed by atoms with Crippen molar-refractivity contribution in [3.63, 3.8) is 0 Å². The molecule has 13 heteroatoms. The molecule has 0 fully saturated rings. The van der Waals surface area contributed by atoms with Crippen LogP contribution in [0.2, 0.25) is 5.02 Å². The second-order valence-electron chi connectivity index (χ2n) is 10.9. The number of ether oxygens (including phenoxy) is 2. The molecule has 42 heavy (non-hydrogen) atoms. The number of methoxy groups -OCH3 is 1. The van der Waals surface area contributed by atoms with Gasteiger partial charge < -0.3 is 24.3 Å².